The first-order chi connectivity index (χ1) is 12.2. The largest absolute Gasteiger partial charge is 0.472 e. The Morgan fingerprint density at radius 1 is 0.960 bits per heavy atom. The predicted octanol–water partition coefficient (Wildman–Crippen LogP) is 3.09. The fourth-order valence-electron chi connectivity index (χ4n) is 3.25. The lowest BCUT2D eigenvalue weighted by Crippen LogP contribution is -2.45. The van der Waals surface area contributed by atoms with Crippen molar-refractivity contribution in [2.75, 3.05) is 0 Å². The third kappa shape index (κ3) is 2.41. The van der Waals surface area contributed by atoms with Gasteiger partial charge in [0.2, 0.25) is 0 Å². The minimum atomic E-state index is -1.09. The summed E-state index contributed by atoms with van der Waals surface area (Å²) in [6.45, 7) is 0.294. The first-order valence-corrected chi connectivity index (χ1v) is 8.02. The van der Waals surface area contributed by atoms with E-state index in [1.807, 2.05) is 60.7 Å². The fourth-order valence-corrected chi connectivity index (χ4v) is 3.25. The number of carbonyl (C=O) groups is 1. The molecule has 2 heterocycles. The van der Waals surface area contributed by atoms with Gasteiger partial charge >= 0.3 is 0 Å². The molecule has 1 aromatic heterocycles. The van der Waals surface area contributed by atoms with Gasteiger partial charge in [0, 0.05) is 5.56 Å². The standard InChI is InChI=1S/C20H17N3O2/c21-19-22-20(16-7-3-1-4-8-16,17-9-5-2-6-10-17)18(24)23(19)13-15-11-12-25-14-15/h1-12,14H,13H2,(H2,21,22). The van der Waals surface area contributed by atoms with Crippen molar-refractivity contribution in [3.05, 3.63) is 95.9 Å². The van der Waals surface area contributed by atoms with Gasteiger partial charge in [-0.15, -0.1) is 0 Å². The zero-order chi connectivity index (χ0) is 17.3. The molecule has 0 spiro atoms. The molecule has 1 saturated heterocycles. The van der Waals surface area contributed by atoms with Crippen LogP contribution in [0.1, 0.15) is 16.7 Å². The normalized spacial score (nSPS) is 16.1. The van der Waals surface area contributed by atoms with Crippen LogP contribution < -0.4 is 5.32 Å². The Bertz CT molecular complexity index is 850. The van der Waals surface area contributed by atoms with Crippen LogP contribution in [0.15, 0.2) is 83.7 Å². The van der Waals surface area contributed by atoms with Crippen LogP contribution in [0.5, 0.6) is 0 Å². The molecule has 1 aliphatic rings. The number of guanidine groups is 1. The number of rotatable bonds is 4. The molecule has 0 atom stereocenters. The molecule has 3 aromatic rings. The third-order valence-corrected chi connectivity index (χ3v) is 4.48. The van der Waals surface area contributed by atoms with Crippen LogP contribution in [0, 0.1) is 5.41 Å². The van der Waals surface area contributed by atoms with E-state index in [-0.39, 0.29) is 11.9 Å². The maximum atomic E-state index is 13.5. The number of hydrogen-bond acceptors (Lipinski definition) is 3. The predicted molar refractivity (Wildman–Crippen MR) is 93.8 cm³/mol. The zero-order valence-electron chi connectivity index (χ0n) is 13.5. The number of hydrogen-bond donors (Lipinski definition) is 2. The highest BCUT2D eigenvalue weighted by molar-refractivity contribution is 6.10. The molecule has 1 amide bonds. The molecule has 1 aliphatic heterocycles. The summed E-state index contributed by atoms with van der Waals surface area (Å²) in [5.74, 6) is -0.0880. The second-order valence-corrected chi connectivity index (χ2v) is 5.98. The highest BCUT2D eigenvalue weighted by Crippen LogP contribution is 2.36. The van der Waals surface area contributed by atoms with Gasteiger partial charge in [-0.1, -0.05) is 60.7 Å². The lowest BCUT2D eigenvalue weighted by atomic mass is 9.82. The molecule has 5 nitrogen and oxygen atoms in total. The first kappa shape index (κ1) is 15.2. The summed E-state index contributed by atoms with van der Waals surface area (Å²) in [5.41, 5.74) is 1.37. The third-order valence-electron chi connectivity index (χ3n) is 4.48. The Balaban J connectivity index is 1.82. The molecular formula is C20H17N3O2. The van der Waals surface area contributed by atoms with Gasteiger partial charge in [0.05, 0.1) is 19.1 Å². The van der Waals surface area contributed by atoms with Gasteiger partial charge in [0.15, 0.2) is 11.5 Å². The van der Waals surface area contributed by atoms with Crippen LogP contribution in [-0.2, 0) is 16.9 Å². The first-order valence-electron chi connectivity index (χ1n) is 8.02. The summed E-state index contributed by atoms with van der Waals surface area (Å²) in [6, 6.07) is 20.9. The second-order valence-electron chi connectivity index (χ2n) is 5.98. The van der Waals surface area contributed by atoms with Gasteiger partial charge in [-0.25, -0.2) is 0 Å². The SMILES string of the molecule is N=C1NC(c2ccccc2)(c2ccccc2)C(=O)N1Cc1ccoc1. The molecule has 1 fully saturated rings. The number of amides is 1. The molecule has 0 unspecified atom stereocenters. The number of nitrogens with zero attached hydrogens (tertiary/aromatic N) is 1. The van der Waals surface area contributed by atoms with Crippen molar-refractivity contribution in [1.82, 2.24) is 10.2 Å². The summed E-state index contributed by atoms with van der Waals surface area (Å²) in [6.07, 6.45) is 3.15. The minimum absolute atomic E-state index is 0.0823. The molecular weight excluding hydrogens is 314 g/mol. The average molecular weight is 331 g/mol. The van der Waals surface area contributed by atoms with E-state index in [9.17, 15) is 4.79 Å². The van der Waals surface area contributed by atoms with Crippen LogP contribution >= 0.6 is 0 Å². The van der Waals surface area contributed by atoms with E-state index in [1.165, 1.54) is 4.90 Å². The molecule has 2 N–H and O–H groups in total. The highest BCUT2D eigenvalue weighted by atomic mass is 16.3. The molecule has 0 saturated carbocycles. The van der Waals surface area contributed by atoms with Crippen LogP contribution in [0.3, 0.4) is 0 Å². The van der Waals surface area contributed by atoms with Crippen LogP contribution in [0.2, 0.25) is 0 Å². The Morgan fingerprint density at radius 3 is 2.08 bits per heavy atom. The number of furan rings is 1. The molecule has 5 heteroatoms. The summed E-state index contributed by atoms with van der Waals surface area (Å²) in [4.78, 5) is 14.9. The molecule has 0 bridgehead atoms. The Hall–Kier alpha value is -3.34. The monoisotopic (exact) mass is 331 g/mol. The maximum absolute atomic E-state index is 13.5. The fraction of sp³-hybridized carbons (Fsp3) is 0.100. The van der Waals surface area contributed by atoms with E-state index in [0.717, 1.165) is 16.7 Å². The van der Waals surface area contributed by atoms with E-state index >= 15 is 0 Å². The number of carbonyl (C=O) groups excluding carboxylic acids is 1. The van der Waals surface area contributed by atoms with E-state index in [4.69, 9.17) is 9.83 Å². The van der Waals surface area contributed by atoms with Crippen molar-refractivity contribution in [2.24, 2.45) is 0 Å². The summed E-state index contributed by atoms with van der Waals surface area (Å²) in [5, 5.41) is 11.5. The van der Waals surface area contributed by atoms with Crippen LogP contribution in [0.4, 0.5) is 0 Å². The van der Waals surface area contributed by atoms with Crippen LogP contribution in [0.25, 0.3) is 0 Å². The molecule has 25 heavy (non-hydrogen) atoms. The van der Waals surface area contributed by atoms with E-state index in [1.54, 1.807) is 18.6 Å². The van der Waals surface area contributed by atoms with Gasteiger partial charge in [-0.2, -0.15) is 0 Å². The van der Waals surface area contributed by atoms with Gasteiger partial charge in [0.25, 0.3) is 5.91 Å². The number of nitrogens with one attached hydrogen (secondary N) is 2. The second kappa shape index (κ2) is 5.94. The van der Waals surface area contributed by atoms with Crippen molar-refractivity contribution < 1.29 is 9.21 Å². The average Bonchev–Trinajstić information content (AvgIpc) is 3.26. The van der Waals surface area contributed by atoms with Crippen molar-refractivity contribution >= 4 is 11.9 Å². The highest BCUT2D eigenvalue weighted by Gasteiger charge is 2.52. The molecule has 4 rings (SSSR count). The quantitative estimate of drug-likeness (QED) is 0.772. The van der Waals surface area contributed by atoms with Gasteiger partial charge in [-0.3, -0.25) is 15.1 Å². The summed E-state index contributed by atoms with van der Waals surface area (Å²) >= 11 is 0. The summed E-state index contributed by atoms with van der Waals surface area (Å²) in [7, 11) is 0. The van der Waals surface area contributed by atoms with Crippen molar-refractivity contribution in [1.29, 1.82) is 5.41 Å². The van der Waals surface area contributed by atoms with Crippen molar-refractivity contribution in [3.63, 3.8) is 0 Å². The van der Waals surface area contributed by atoms with E-state index in [2.05, 4.69) is 5.32 Å². The lowest BCUT2D eigenvalue weighted by molar-refractivity contribution is -0.130. The summed E-state index contributed by atoms with van der Waals surface area (Å²) < 4.78 is 5.09. The van der Waals surface area contributed by atoms with E-state index < -0.39 is 5.54 Å². The lowest BCUT2D eigenvalue weighted by Gasteiger charge is -2.28. The van der Waals surface area contributed by atoms with Crippen molar-refractivity contribution in [3.8, 4) is 0 Å². The van der Waals surface area contributed by atoms with E-state index in [0.29, 0.717) is 6.54 Å². The Labute approximate surface area is 145 Å². The minimum Gasteiger partial charge on any atom is -0.472 e. The van der Waals surface area contributed by atoms with Crippen molar-refractivity contribution in [2.45, 2.75) is 12.1 Å². The molecule has 0 radical (unpaired) electrons. The van der Waals surface area contributed by atoms with Gasteiger partial charge in [0.1, 0.15) is 0 Å². The van der Waals surface area contributed by atoms with Gasteiger partial charge < -0.3 is 9.73 Å². The number of benzene rings is 2. The van der Waals surface area contributed by atoms with Gasteiger partial charge in [-0.05, 0) is 17.2 Å². The molecule has 0 aliphatic carbocycles. The van der Waals surface area contributed by atoms with Crippen LogP contribution in [-0.4, -0.2) is 16.8 Å². The smallest absolute Gasteiger partial charge is 0.264 e. The molecule has 124 valence electrons. The zero-order valence-corrected chi connectivity index (χ0v) is 13.5. The Kier molecular flexibility index (Phi) is 3.61. The topological polar surface area (TPSA) is 69.3 Å². The molecule has 2 aromatic carbocycles. The Morgan fingerprint density at radius 2 is 1.56 bits per heavy atom. The maximum Gasteiger partial charge on any atom is 0.264 e.